The minimum Gasteiger partial charge on any atom is -0.493 e. The molecule has 0 N–H and O–H groups in total. The number of amides is 2. The van der Waals surface area contributed by atoms with E-state index in [2.05, 4.69) is 0 Å². The predicted molar refractivity (Wildman–Crippen MR) is 124 cm³/mol. The van der Waals surface area contributed by atoms with E-state index in [1.807, 2.05) is 30.3 Å². The number of nitrogens with zero attached hydrogens (tertiary/aromatic N) is 1. The number of para-hydroxylation sites is 1. The van der Waals surface area contributed by atoms with E-state index in [9.17, 15) is 9.59 Å². The maximum Gasteiger partial charge on any atom is 0.298 e. The third-order valence-corrected chi connectivity index (χ3v) is 5.87. The highest BCUT2D eigenvalue weighted by Gasteiger charge is 2.36. The average molecular weight is 452 g/mol. The highest BCUT2D eigenvalue weighted by atomic mass is 35.5. The van der Waals surface area contributed by atoms with Gasteiger partial charge in [0.25, 0.3) is 11.1 Å². The van der Waals surface area contributed by atoms with Crippen molar-refractivity contribution in [2.24, 2.45) is 0 Å². The van der Waals surface area contributed by atoms with Gasteiger partial charge in [-0.2, -0.15) is 0 Å². The van der Waals surface area contributed by atoms with Gasteiger partial charge in [0.2, 0.25) is 0 Å². The third-order valence-electron chi connectivity index (χ3n) is 4.63. The molecule has 0 aliphatic carbocycles. The minimum atomic E-state index is -0.348. The fourth-order valence-electron chi connectivity index (χ4n) is 3.08. The molecule has 0 bridgehead atoms. The van der Waals surface area contributed by atoms with Crippen molar-refractivity contribution >= 4 is 46.3 Å². The van der Waals surface area contributed by atoms with Gasteiger partial charge in [0.1, 0.15) is 6.61 Å². The predicted octanol–water partition coefficient (Wildman–Crippen LogP) is 6.17. The fourth-order valence-corrected chi connectivity index (χ4v) is 4.11. The number of ether oxygens (including phenoxy) is 2. The molecule has 2 amide bonds. The molecule has 0 radical (unpaired) electrons. The molecule has 0 aromatic heterocycles. The number of hydrogen-bond acceptors (Lipinski definition) is 5. The highest BCUT2D eigenvalue weighted by Crippen LogP contribution is 2.37. The third kappa shape index (κ3) is 4.60. The number of methoxy groups -OCH3 is 1. The van der Waals surface area contributed by atoms with E-state index < -0.39 is 0 Å². The largest absolute Gasteiger partial charge is 0.493 e. The molecule has 0 unspecified atom stereocenters. The molecule has 1 heterocycles. The summed E-state index contributed by atoms with van der Waals surface area (Å²) in [7, 11) is 1.55. The molecule has 0 spiro atoms. The van der Waals surface area contributed by atoms with E-state index in [0.717, 1.165) is 22.9 Å². The minimum absolute atomic E-state index is 0.297. The number of rotatable bonds is 6. The Morgan fingerprint density at radius 2 is 1.71 bits per heavy atom. The number of anilines is 1. The molecule has 0 saturated carbocycles. The van der Waals surface area contributed by atoms with Crippen molar-refractivity contribution in [3.05, 3.63) is 93.9 Å². The van der Waals surface area contributed by atoms with Gasteiger partial charge in [-0.25, -0.2) is 4.90 Å². The lowest BCUT2D eigenvalue weighted by Gasteiger charge is -2.12. The number of carbonyl (C=O) groups is 2. The van der Waals surface area contributed by atoms with Crippen LogP contribution in [0.3, 0.4) is 0 Å². The van der Waals surface area contributed by atoms with Crippen LogP contribution in [-0.2, 0) is 11.4 Å². The summed E-state index contributed by atoms with van der Waals surface area (Å²) in [5.74, 6) is 0.722. The van der Waals surface area contributed by atoms with Crippen LogP contribution in [0.4, 0.5) is 10.5 Å². The zero-order chi connectivity index (χ0) is 21.8. The summed E-state index contributed by atoms with van der Waals surface area (Å²) in [6.45, 7) is 0.297. The summed E-state index contributed by atoms with van der Waals surface area (Å²) in [6, 6.07) is 21.7. The number of hydrogen-bond donors (Lipinski definition) is 0. The molecule has 1 aliphatic heterocycles. The van der Waals surface area contributed by atoms with Gasteiger partial charge in [0.05, 0.1) is 17.7 Å². The van der Waals surface area contributed by atoms with Crippen molar-refractivity contribution in [2.75, 3.05) is 12.0 Å². The molecule has 31 heavy (non-hydrogen) atoms. The second kappa shape index (κ2) is 9.29. The molecule has 0 atom stereocenters. The van der Waals surface area contributed by atoms with Crippen molar-refractivity contribution in [2.45, 2.75) is 6.61 Å². The molecular weight excluding hydrogens is 434 g/mol. The van der Waals surface area contributed by atoms with E-state index in [1.54, 1.807) is 55.7 Å². The number of carbonyl (C=O) groups excluding carboxylic acids is 2. The Hall–Kier alpha value is -3.22. The lowest BCUT2D eigenvalue weighted by Crippen LogP contribution is -2.27. The summed E-state index contributed by atoms with van der Waals surface area (Å²) in [5, 5.41) is 0.307. The van der Waals surface area contributed by atoms with Crippen molar-refractivity contribution < 1.29 is 19.1 Å². The Kier molecular flexibility index (Phi) is 6.30. The van der Waals surface area contributed by atoms with E-state index in [1.165, 1.54) is 4.90 Å². The van der Waals surface area contributed by atoms with Crippen LogP contribution in [-0.4, -0.2) is 18.3 Å². The van der Waals surface area contributed by atoms with Crippen LogP contribution in [0.25, 0.3) is 6.08 Å². The standard InChI is InChI=1S/C24H18ClNO4S/c1-29-21-13-16(11-12-20(21)30-15-17-7-5-6-10-19(17)25)14-22-23(27)26(24(28)31-22)18-8-3-2-4-9-18/h2-14H,15H2,1H3/b22-14-. The second-order valence-corrected chi connectivity index (χ2v) is 8.04. The quantitative estimate of drug-likeness (QED) is 0.419. The topological polar surface area (TPSA) is 55.8 Å². The molecular formula is C24H18ClNO4S. The summed E-state index contributed by atoms with van der Waals surface area (Å²) in [4.78, 5) is 26.7. The first-order valence-electron chi connectivity index (χ1n) is 9.44. The van der Waals surface area contributed by atoms with Gasteiger partial charge in [-0.05, 0) is 53.7 Å². The lowest BCUT2D eigenvalue weighted by molar-refractivity contribution is -0.113. The van der Waals surface area contributed by atoms with Crippen molar-refractivity contribution in [3.8, 4) is 11.5 Å². The second-order valence-electron chi connectivity index (χ2n) is 6.64. The Balaban J connectivity index is 1.54. The van der Waals surface area contributed by atoms with Crippen LogP contribution in [0.1, 0.15) is 11.1 Å². The molecule has 4 rings (SSSR count). The number of thioether (sulfide) groups is 1. The molecule has 156 valence electrons. The summed E-state index contributed by atoms with van der Waals surface area (Å²) >= 11 is 7.09. The molecule has 3 aromatic carbocycles. The first kappa shape index (κ1) is 21.0. The Morgan fingerprint density at radius 1 is 0.968 bits per heavy atom. The average Bonchev–Trinajstić information content (AvgIpc) is 3.07. The smallest absolute Gasteiger partial charge is 0.298 e. The molecule has 1 saturated heterocycles. The molecule has 7 heteroatoms. The van der Waals surface area contributed by atoms with Gasteiger partial charge in [0, 0.05) is 10.6 Å². The Labute approximate surface area is 189 Å². The van der Waals surface area contributed by atoms with E-state index in [0.29, 0.717) is 33.7 Å². The van der Waals surface area contributed by atoms with E-state index in [-0.39, 0.29) is 11.1 Å². The molecule has 1 aliphatic rings. The van der Waals surface area contributed by atoms with Crippen LogP contribution in [0.15, 0.2) is 77.7 Å². The van der Waals surface area contributed by atoms with E-state index in [4.69, 9.17) is 21.1 Å². The van der Waals surface area contributed by atoms with E-state index >= 15 is 0 Å². The Morgan fingerprint density at radius 3 is 2.45 bits per heavy atom. The van der Waals surface area contributed by atoms with Crippen molar-refractivity contribution in [3.63, 3.8) is 0 Å². The van der Waals surface area contributed by atoms with Gasteiger partial charge in [-0.3, -0.25) is 9.59 Å². The van der Waals surface area contributed by atoms with Crippen molar-refractivity contribution in [1.82, 2.24) is 0 Å². The maximum absolute atomic E-state index is 12.8. The van der Waals surface area contributed by atoms with Crippen LogP contribution in [0, 0.1) is 0 Å². The first-order valence-corrected chi connectivity index (χ1v) is 10.6. The van der Waals surface area contributed by atoms with Crippen LogP contribution in [0.5, 0.6) is 11.5 Å². The normalized spacial score (nSPS) is 14.9. The lowest BCUT2D eigenvalue weighted by atomic mass is 10.1. The van der Waals surface area contributed by atoms with Crippen LogP contribution in [0.2, 0.25) is 5.02 Å². The molecule has 1 fully saturated rings. The van der Waals surface area contributed by atoms with Gasteiger partial charge >= 0.3 is 0 Å². The summed E-state index contributed by atoms with van der Waals surface area (Å²) in [5.41, 5.74) is 2.14. The summed E-state index contributed by atoms with van der Waals surface area (Å²) in [6.07, 6.45) is 1.67. The van der Waals surface area contributed by atoms with Gasteiger partial charge in [0.15, 0.2) is 11.5 Å². The van der Waals surface area contributed by atoms with Gasteiger partial charge < -0.3 is 9.47 Å². The van der Waals surface area contributed by atoms with Crippen molar-refractivity contribution in [1.29, 1.82) is 0 Å². The summed E-state index contributed by atoms with van der Waals surface area (Å²) < 4.78 is 11.3. The fraction of sp³-hybridized carbons (Fsp3) is 0.0833. The van der Waals surface area contributed by atoms with Gasteiger partial charge in [-0.1, -0.05) is 54.1 Å². The van der Waals surface area contributed by atoms with Gasteiger partial charge in [-0.15, -0.1) is 0 Å². The molecule has 3 aromatic rings. The monoisotopic (exact) mass is 451 g/mol. The maximum atomic E-state index is 12.8. The number of imide groups is 1. The SMILES string of the molecule is COc1cc(/C=C2\SC(=O)N(c3ccccc3)C2=O)ccc1OCc1ccccc1Cl. The number of halogens is 1. The first-order chi connectivity index (χ1) is 15.1. The zero-order valence-corrected chi connectivity index (χ0v) is 18.2. The van der Waals surface area contributed by atoms with Crippen LogP contribution >= 0.6 is 23.4 Å². The molecule has 5 nitrogen and oxygen atoms in total. The Bertz CT molecular complexity index is 1160. The highest BCUT2D eigenvalue weighted by molar-refractivity contribution is 8.19. The number of benzene rings is 3. The zero-order valence-electron chi connectivity index (χ0n) is 16.6. The van der Waals surface area contributed by atoms with Crippen LogP contribution < -0.4 is 14.4 Å².